The Morgan fingerprint density at radius 1 is 1.80 bits per heavy atom. The van der Waals surface area contributed by atoms with Gasteiger partial charge >= 0.3 is 27.0 Å². The summed E-state index contributed by atoms with van der Waals surface area (Å²) in [5, 5.41) is 0. The van der Waals surface area contributed by atoms with Crippen LogP contribution in [0.4, 0.5) is 0 Å². The minimum absolute atomic E-state index is 1.82. The first-order valence-electron chi connectivity index (χ1n) is 0.499. The molecule has 0 amide bonds. The fraction of sp³-hybridized carbons (Fsp3) is 0. The summed E-state index contributed by atoms with van der Waals surface area (Å²) < 4.78 is 2.67. The molecule has 0 aromatic rings. The zero-order valence-electron chi connectivity index (χ0n) is 2.00. The van der Waals surface area contributed by atoms with Crippen LogP contribution in [0, 0.1) is 0 Å². The van der Waals surface area contributed by atoms with Crippen LogP contribution in [0.5, 0.6) is 0 Å². The molecule has 0 rings (SSSR count). The molecule has 5 heteroatoms. The van der Waals surface area contributed by atoms with Crippen LogP contribution in [0.2, 0.25) is 0 Å². The summed E-state index contributed by atoms with van der Waals surface area (Å²) in [5.74, 6) is 0. The summed E-state index contributed by atoms with van der Waals surface area (Å²) >= 11 is 9.49. The fourth-order valence-corrected chi connectivity index (χ4v) is 0. The van der Waals surface area contributed by atoms with E-state index in [9.17, 15) is 0 Å². The van der Waals surface area contributed by atoms with Gasteiger partial charge in [-0.05, 0) is 0 Å². The molecule has 0 atom stereocenters. The molecule has 5 heavy (non-hydrogen) atoms. The quantitative estimate of drug-likeness (QED) is 0.438. The first-order chi connectivity index (χ1) is 2.41. The topological polar surface area (TPSA) is 12.4 Å². The molecule has 0 saturated carbocycles. The van der Waals surface area contributed by atoms with Crippen LogP contribution in [0.1, 0.15) is 0 Å². The molecule has 0 heterocycles. The molecule has 1 nitrogen and oxygen atoms in total. The van der Waals surface area contributed by atoms with Gasteiger partial charge in [-0.15, -0.1) is 0 Å². The predicted octanol–water partition coefficient (Wildman–Crippen LogP) is 0.866. The van der Waals surface area contributed by atoms with E-state index < -0.39 is 0 Å². The van der Waals surface area contributed by atoms with Crippen molar-refractivity contribution in [1.82, 2.24) is 0 Å². The van der Waals surface area contributed by atoms with Crippen molar-refractivity contribution in [3.05, 3.63) is 0 Å². The molecule has 0 aliphatic rings. The summed E-state index contributed by atoms with van der Waals surface area (Å²) in [4.78, 5) is 0. The second-order valence-electron chi connectivity index (χ2n) is 0.0745. The fourth-order valence-electron chi connectivity index (χ4n) is 0. The molecule has 0 radical (unpaired) electrons. The van der Waals surface area contributed by atoms with Gasteiger partial charge in [-0.25, -0.2) is 0 Å². The van der Waals surface area contributed by atoms with Gasteiger partial charge in [0.15, 0.2) is 0 Å². The molecule has 0 saturated heterocycles. The van der Waals surface area contributed by atoms with Gasteiger partial charge in [-0.2, -0.15) is 0 Å². The van der Waals surface area contributed by atoms with E-state index in [0.29, 0.717) is 0 Å². The van der Waals surface area contributed by atoms with Crippen LogP contribution < -0.4 is 0 Å². The Bertz CT molecular complexity index is 17.1. The van der Waals surface area contributed by atoms with E-state index in [1.807, 2.05) is 17.3 Å². The van der Waals surface area contributed by atoms with E-state index in [1.165, 1.54) is 0 Å². The number of rotatable bonds is 0. The number of hydrogen-bond donors (Lipinski definition) is 0. The van der Waals surface area contributed by atoms with E-state index in [2.05, 4.69) is 38.7 Å². The zero-order chi connectivity index (χ0) is 4.71. The molecule has 0 aromatic heterocycles. The molecule has 0 aliphatic heterocycles. The van der Waals surface area contributed by atoms with Crippen molar-refractivity contribution in [2.75, 3.05) is 0 Å². The molecule has 0 fully saturated rings. The monoisotopic (exact) mass is 215 g/mol. The molecule has 0 aromatic carbocycles. The second kappa shape index (κ2) is 19.2. The molecular formula is ClNRuS2. The number of hydrogen-bond acceptors (Lipinski definition) is 3. The van der Waals surface area contributed by atoms with Gasteiger partial charge < -0.3 is 29.0 Å². The SMILES string of the molecule is S=N[S-].[Cl][Ru+]. The molecule has 0 N–H and O–H groups in total. The van der Waals surface area contributed by atoms with E-state index in [0.717, 1.165) is 0 Å². The van der Waals surface area contributed by atoms with Gasteiger partial charge in [0.25, 0.3) is 0 Å². The Balaban J connectivity index is 0. The second-order valence-corrected chi connectivity index (χ2v) is 0.671. The van der Waals surface area contributed by atoms with E-state index >= 15 is 0 Å². The summed E-state index contributed by atoms with van der Waals surface area (Å²) in [5.41, 5.74) is 0. The van der Waals surface area contributed by atoms with Crippen molar-refractivity contribution in [3.8, 4) is 0 Å². The number of nitrogens with zero attached hydrogens (tertiary/aromatic N) is 1. The number of halogens is 1. The molecule has 0 aliphatic carbocycles. The Labute approximate surface area is 55.9 Å². The van der Waals surface area contributed by atoms with Crippen molar-refractivity contribution >= 4 is 34.9 Å². The maximum atomic E-state index is 4.57. The van der Waals surface area contributed by atoms with Crippen molar-refractivity contribution in [1.29, 1.82) is 0 Å². The van der Waals surface area contributed by atoms with Gasteiger partial charge in [0, 0.05) is 0 Å². The van der Waals surface area contributed by atoms with E-state index in [4.69, 9.17) is 0 Å². The molecule has 0 bridgehead atoms. The van der Waals surface area contributed by atoms with Crippen LogP contribution in [0.15, 0.2) is 3.77 Å². The third-order valence-corrected chi connectivity index (χ3v) is 0. The van der Waals surface area contributed by atoms with Crippen LogP contribution in [0.25, 0.3) is 0 Å². The minimum atomic E-state index is 1.82. The standard InChI is InChI=1S/ClH.HNS2.Ru/c;2-1-3;/h1H;(H,2,3);/q;;+2/p-2. The summed E-state index contributed by atoms with van der Waals surface area (Å²) in [6, 6.07) is 0. The van der Waals surface area contributed by atoms with E-state index in [-0.39, 0.29) is 0 Å². The van der Waals surface area contributed by atoms with Crippen LogP contribution in [-0.2, 0) is 42.6 Å². The van der Waals surface area contributed by atoms with Crippen molar-refractivity contribution < 1.29 is 17.3 Å². The molecule has 0 unspecified atom stereocenters. The van der Waals surface area contributed by atoms with Gasteiger partial charge in [0.2, 0.25) is 0 Å². The van der Waals surface area contributed by atoms with Crippen LogP contribution >= 0.6 is 9.69 Å². The van der Waals surface area contributed by atoms with Gasteiger partial charge in [0.1, 0.15) is 0 Å². The van der Waals surface area contributed by atoms with Gasteiger partial charge in [-0.3, -0.25) is 0 Å². The third-order valence-electron chi connectivity index (χ3n) is 0. The van der Waals surface area contributed by atoms with Crippen LogP contribution in [-0.4, -0.2) is 0 Å². The first-order valence-corrected chi connectivity index (χ1v) is 3.47. The average molecular weight is 215 g/mol. The van der Waals surface area contributed by atoms with Gasteiger partial charge in [0.05, 0.1) is 0 Å². The Hall–Kier alpha value is 1.15. The third kappa shape index (κ3) is 38.5. The molecule has 32 valence electrons. The van der Waals surface area contributed by atoms with Crippen molar-refractivity contribution in [2.45, 2.75) is 0 Å². The van der Waals surface area contributed by atoms with Crippen molar-refractivity contribution in [2.24, 2.45) is 3.77 Å². The van der Waals surface area contributed by atoms with Gasteiger partial charge in [-0.1, -0.05) is 0 Å². The normalized spacial score (nSPS) is 3.60. The Morgan fingerprint density at radius 2 is 1.80 bits per heavy atom. The van der Waals surface area contributed by atoms with Crippen LogP contribution in [0.3, 0.4) is 0 Å². The summed E-state index contributed by atoms with van der Waals surface area (Å²) in [6.07, 6.45) is 0. The first kappa shape index (κ1) is 9.47. The molecular weight excluding hydrogens is 215 g/mol. The zero-order valence-corrected chi connectivity index (χ0v) is 6.12. The maximum absolute atomic E-state index is 4.57. The predicted molar refractivity (Wildman–Crippen MR) is 23.0 cm³/mol. The average Bonchev–Trinajstić information content (AvgIpc) is 1.46. The van der Waals surface area contributed by atoms with E-state index in [1.54, 1.807) is 0 Å². The Kier molecular flexibility index (Phi) is 36.3. The van der Waals surface area contributed by atoms with Crippen molar-refractivity contribution in [3.63, 3.8) is 0 Å². The molecule has 0 spiro atoms. The summed E-state index contributed by atoms with van der Waals surface area (Å²) in [6.45, 7) is 0. The summed E-state index contributed by atoms with van der Waals surface area (Å²) in [7, 11) is 4.57. The Morgan fingerprint density at radius 3 is 1.80 bits per heavy atom.